The van der Waals surface area contributed by atoms with Crippen LogP contribution in [0.1, 0.15) is 5.56 Å². The number of rotatable bonds is 6. The van der Waals surface area contributed by atoms with Crippen molar-refractivity contribution >= 4 is 16.6 Å². The lowest BCUT2D eigenvalue weighted by atomic mass is 10.1. The molecular weight excluding hydrogens is 350 g/mol. The maximum atomic E-state index is 10.5. The van der Waals surface area contributed by atoms with E-state index in [9.17, 15) is 5.11 Å². The Labute approximate surface area is 166 Å². The van der Waals surface area contributed by atoms with Crippen molar-refractivity contribution in [3.63, 3.8) is 0 Å². The number of nitrogens with zero attached hydrogens (tertiary/aromatic N) is 3. The molecule has 5 heteroatoms. The number of fused-ring (bicyclic) bond motifs is 1. The van der Waals surface area contributed by atoms with Crippen LogP contribution in [0.15, 0.2) is 60.8 Å². The van der Waals surface area contributed by atoms with Gasteiger partial charge in [0.05, 0.1) is 0 Å². The number of pyridine rings is 1. The van der Waals surface area contributed by atoms with E-state index in [1.54, 1.807) is 6.20 Å². The Morgan fingerprint density at radius 1 is 1.00 bits per heavy atom. The van der Waals surface area contributed by atoms with Crippen molar-refractivity contribution in [2.45, 2.75) is 13.0 Å². The van der Waals surface area contributed by atoms with Crippen molar-refractivity contribution in [2.24, 2.45) is 0 Å². The van der Waals surface area contributed by atoms with Gasteiger partial charge in [0.15, 0.2) is 0 Å². The molecule has 146 valence electrons. The Balaban J connectivity index is 1.28. The normalized spacial score (nSPS) is 16.3. The third-order valence-corrected chi connectivity index (χ3v) is 5.32. The van der Waals surface area contributed by atoms with Gasteiger partial charge in [0, 0.05) is 50.0 Å². The first kappa shape index (κ1) is 18.7. The van der Waals surface area contributed by atoms with Gasteiger partial charge in [-0.3, -0.25) is 9.88 Å². The molecule has 2 heterocycles. The van der Waals surface area contributed by atoms with E-state index in [1.165, 1.54) is 11.3 Å². The van der Waals surface area contributed by atoms with Gasteiger partial charge in [0.2, 0.25) is 0 Å². The molecule has 0 radical (unpaired) electrons. The highest BCUT2D eigenvalue weighted by Crippen LogP contribution is 2.23. The molecule has 1 atom stereocenters. The van der Waals surface area contributed by atoms with E-state index in [-0.39, 0.29) is 6.61 Å². The molecular formula is C23H27N3O2. The Kier molecular flexibility index (Phi) is 5.74. The van der Waals surface area contributed by atoms with E-state index < -0.39 is 6.10 Å². The first-order valence-corrected chi connectivity index (χ1v) is 9.88. The highest BCUT2D eigenvalue weighted by atomic mass is 16.5. The predicted molar refractivity (Wildman–Crippen MR) is 113 cm³/mol. The highest BCUT2D eigenvalue weighted by molar-refractivity contribution is 5.84. The third-order valence-electron chi connectivity index (χ3n) is 5.32. The lowest BCUT2D eigenvalue weighted by molar-refractivity contribution is 0.0667. The van der Waals surface area contributed by atoms with Crippen molar-refractivity contribution in [1.29, 1.82) is 0 Å². The van der Waals surface area contributed by atoms with Crippen LogP contribution in [0, 0.1) is 6.92 Å². The van der Waals surface area contributed by atoms with Gasteiger partial charge in [-0.15, -0.1) is 0 Å². The van der Waals surface area contributed by atoms with Crippen LogP contribution < -0.4 is 9.64 Å². The Hall–Kier alpha value is -2.63. The van der Waals surface area contributed by atoms with Gasteiger partial charge in [0.1, 0.15) is 24.0 Å². The van der Waals surface area contributed by atoms with Crippen LogP contribution in [0.3, 0.4) is 0 Å². The molecule has 1 aromatic heterocycles. The largest absolute Gasteiger partial charge is 0.489 e. The number of aliphatic hydroxyl groups excluding tert-OH is 1. The van der Waals surface area contributed by atoms with Gasteiger partial charge in [0.25, 0.3) is 0 Å². The SMILES string of the molecule is Cc1ccccc1N1CCN(CC(O)COc2cccc3cccnc23)CC1. The Morgan fingerprint density at radius 3 is 2.61 bits per heavy atom. The van der Waals surface area contributed by atoms with Gasteiger partial charge in [-0.1, -0.05) is 36.4 Å². The minimum atomic E-state index is -0.524. The van der Waals surface area contributed by atoms with E-state index in [0.29, 0.717) is 6.54 Å². The topological polar surface area (TPSA) is 48.8 Å². The van der Waals surface area contributed by atoms with E-state index in [0.717, 1.165) is 42.8 Å². The summed E-state index contributed by atoms with van der Waals surface area (Å²) in [6, 6.07) is 18.3. The van der Waals surface area contributed by atoms with Crippen LogP contribution >= 0.6 is 0 Å². The molecule has 0 aliphatic carbocycles. The molecule has 0 spiro atoms. The number of hydrogen-bond acceptors (Lipinski definition) is 5. The number of para-hydroxylation sites is 2. The molecule has 0 amide bonds. The fourth-order valence-electron chi connectivity index (χ4n) is 3.82. The molecule has 0 saturated carbocycles. The summed E-state index contributed by atoms with van der Waals surface area (Å²) in [6.07, 6.45) is 1.24. The molecule has 1 aliphatic heterocycles. The van der Waals surface area contributed by atoms with Gasteiger partial charge in [-0.2, -0.15) is 0 Å². The summed E-state index contributed by atoms with van der Waals surface area (Å²) in [7, 11) is 0. The minimum Gasteiger partial charge on any atom is -0.489 e. The molecule has 0 bridgehead atoms. The second kappa shape index (κ2) is 8.59. The summed E-state index contributed by atoms with van der Waals surface area (Å²) in [5.74, 6) is 0.724. The van der Waals surface area contributed by atoms with Crippen LogP contribution in [0.5, 0.6) is 5.75 Å². The Morgan fingerprint density at radius 2 is 1.79 bits per heavy atom. The van der Waals surface area contributed by atoms with Crippen molar-refractivity contribution in [1.82, 2.24) is 9.88 Å². The quantitative estimate of drug-likeness (QED) is 0.715. The van der Waals surface area contributed by atoms with Crippen LogP contribution in [-0.2, 0) is 0 Å². The first-order valence-electron chi connectivity index (χ1n) is 9.88. The van der Waals surface area contributed by atoms with Crippen LogP contribution in [-0.4, -0.2) is 60.4 Å². The summed E-state index contributed by atoms with van der Waals surface area (Å²) >= 11 is 0. The number of β-amino-alcohol motifs (C(OH)–C–C–N with tert-alkyl or cyclic N) is 1. The van der Waals surface area contributed by atoms with Gasteiger partial charge >= 0.3 is 0 Å². The molecule has 1 saturated heterocycles. The zero-order chi connectivity index (χ0) is 19.3. The number of anilines is 1. The van der Waals surface area contributed by atoms with Crippen LogP contribution in [0.2, 0.25) is 0 Å². The molecule has 3 aromatic rings. The number of aliphatic hydroxyl groups is 1. The second-order valence-corrected chi connectivity index (χ2v) is 7.37. The first-order chi connectivity index (χ1) is 13.7. The molecule has 1 fully saturated rings. The van der Waals surface area contributed by atoms with Gasteiger partial charge < -0.3 is 14.7 Å². The smallest absolute Gasteiger partial charge is 0.145 e. The molecule has 1 aliphatic rings. The number of hydrogen-bond donors (Lipinski definition) is 1. The summed E-state index contributed by atoms with van der Waals surface area (Å²) in [4.78, 5) is 9.13. The van der Waals surface area contributed by atoms with E-state index in [2.05, 4.69) is 46.0 Å². The summed E-state index contributed by atoms with van der Waals surface area (Å²) in [6.45, 7) is 6.90. The second-order valence-electron chi connectivity index (χ2n) is 7.37. The average molecular weight is 377 g/mol. The summed E-state index contributed by atoms with van der Waals surface area (Å²) in [5.41, 5.74) is 3.46. The molecule has 5 nitrogen and oxygen atoms in total. The maximum absolute atomic E-state index is 10.5. The molecule has 2 aromatic carbocycles. The summed E-state index contributed by atoms with van der Waals surface area (Å²) in [5, 5.41) is 11.5. The minimum absolute atomic E-state index is 0.272. The predicted octanol–water partition coefficient (Wildman–Crippen LogP) is 3.11. The fraction of sp³-hybridized carbons (Fsp3) is 0.348. The van der Waals surface area contributed by atoms with Gasteiger partial charge in [-0.25, -0.2) is 0 Å². The maximum Gasteiger partial charge on any atom is 0.145 e. The van der Waals surface area contributed by atoms with Crippen molar-refractivity contribution in [2.75, 3.05) is 44.2 Å². The molecule has 1 unspecified atom stereocenters. The number of piperazine rings is 1. The van der Waals surface area contributed by atoms with Crippen molar-refractivity contribution < 1.29 is 9.84 Å². The lowest BCUT2D eigenvalue weighted by Gasteiger charge is -2.37. The molecule has 28 heavy (non-hydrogen) atoms. The monoisotopic (exact) mass is 377 g/mol. The standard InChI is InChI=1S/C23H27N3O2/c1-18-6-2-3-9-21(18)26-14-12-25(13-15-26)16-20(27)17-28-22-10-4-7-19-8-5-11-24-23(19)22/h2-11,20,27H,12-17H2,1H3. The van der Waals surface area contributed by atoms with Crippen molar-refractivity contribution in [3.05, 3.63) is 66.4 Å². The van der Waals surface area contributed by atoms with E-state index in [1.807, 2.05) is 30.3 Å². The summed E-state index contributed by atoms with van der Waals surface area (Å²) < 4.78 is 5.88. The zero-order valence-corrected chi connectivity index (χ0v) is 16.3. The average Bonchev–Trinajstić information content (AvgIpc) is 2.73. The van der Waals surface area contributed by atoms with Crippen LogP contribution in [0.4, 0.5) is 5.69 Å². The highest BCUT2D eigenvalue weighted by Gasteiger charge is 2.20. The van der Waals surface area contributed by atoms with E-state index >= 15 is 0 Å². The number of benzene rings is 2. The van der Waals surface area contributed by atoms with Gasteiger partial charge in [-0.05, 0) is 30.7 Å². The number of aryl methyl sites for hydroxylation is 1. The van der Waals surface area contributed by atoms with Crippen molar-refractivity contribution in [3.8, 4) is 5.75 Å². The third kappa shape index (κ3) is 4.26. The van der Waals surface area contributed by atoms with E-state index in [4.69, 9.17) is 4.74 Å². The fourth-order valence-corrected chi connectivity index (χ4v) is 3.82. The molecule has 4 rings (SSSR count). The Bertz CT molecular complexity index is 917. The van der Waals surface area contributed by atoms with Crippen LogP contribution in [0.25, 0.3) is 10.9 Å². The zero-order valence-electron chi connectivity index (χ0n) is 16.3. The molecule has 1 N–H and O–H groups in total. The number of ether oxygens (including phenoxy) is 1. The number of aromatic nitrogens is 1. The lowest BCUT2D eigenvalue weighted by Crippen LogP contribution is -2.49.